The number of hydrogen-bond donors (Lipinski definition) is 2. The zero-order valence-electron chi connectivity index (χ0n) is 13.9. The first-order chi connectivity index (χ1) is 12.3. The van der Waals surface area contributed by atoms with Crippen molar-refractivity contribution in [2.75, 3.05) is 7.05 Å². The van der Waals surface area contributed by atoms with E-state index in [2.05, 4.69) is 10.3 Å². The summed E-state index contributed by atoms with van der Waals surface area (Å²) in [4.78, 5) is 16.8. The molecule has 0 unspecified atom stereocenters. The number of ether oxygens (including phenoxy) is 1. The van der Waals surface area contributed by atoms with Crippen LogP contribution >= 0.6 is 0 Å². The Balaban J connectivity index is 2.24. The number of rotatable bonds is 7. The first kappa shape index (κ1) is 19.7. The Bertz CT molecular complexity index is 735. The van der Waals surface area contributed by atoms with Crippen LogP contribution in [0.3, 0.4) is 0 Å². The molecule has 140 valence electrons. The summed E-state index contributed by atoms with van der Waals surface area (Å²) >= 11 is 0. The maximum atomic E-state index is 12.5. The molecule has 5 nitrogen and oxygen atoms in total. The first-order valence-corrected chi connectivity index (χ1v) is 7.73. The molecule has 0 bridgehead atoms. The van der Waals surface area contributed by atoms with E-state index in [4.69, 9.17) is 4.74 Å². The Hall–Kier alpha value is -2.58. The Labute approximate surface area is 148 Å². The van der Waals surface area contributed by atoms with Gasteiger partial charge in [0.2, 0.25) is 0 Å². The van der Waals surface area contributed by atoms with Gasteiger partial charge in [0.05, 0.1) is 12.5 Å². The van der Waals surface area contributed by atoms with Crippen molar-refractivity contribution >= 4 is 5.97 Å². The van der Waals surface area contributed by atoms with Gasteiger partial charge in [-0.25, -0.2) is 4.79 Å². The van der Waals surface area contributed by atoms with Gasteiger partial charge in [-0.05, 0) is 23.3 Å². The maximum Gasteiger partial charge on any atom is 0.391 e. The molecule has 0 aliphatic rings. The topological polar surface area (TPSA) is 67.8 Å². The molecular weight excluding hydrogens is 351 g/mol. The Morgan fingerprint density at radius 2 is 1.88 bits per heavy atom. The molecule has 2 rings (SSSR count). The standard InChI is InChI=1S/C18H18F3NO4/c1-22-26-17(24)14-9-13(15(23)10-18(19,20)21)7-8-16(14)25-11-12-5-3-2-4-6-12/h2-9,15,22-23H,10-11H2,1H3/t15-/m0/s1. The van der Waals surface area contributed by atoms with Crippen LogP contribution in [-0.4, -0.2) is 24.3 Å². The molecule has 0 radical (unpaired) electrons. The molecule has 1 atom stereocenters. The molecule has 0 fully saturated rings. The number of halogens is 3. The molecule has 0 heterocycles. The lowest BCUT2D eigenvalue weighted by Crippen LogP contribution is -2.18. The van der Waals surface area contributed by atoms with Crippen LogP contribution in [0.15, 0.2) is 48.5 Å². The third-order valence-electron chi connectivity index (χ3n) is 3.47. The summed E-state index contributed by atoms with van der Waals surface area (Å²) in [6.07, 6.45) is -7.75. The normalized spacial score (nSPS) is 12.5. The summed E-state index contributed by atoms with van der Waals surface area (Å²) in [6, 6.07) is 12.9. The second-order valence-electron chi connectivity index (χ2n) is 5.46. The number of nitrogens with one attached hydrogen (secondary N) is 1. The van der Waals surface area contributed by atoms with Crippen molar-refractivity contribution in [2.45, 2.75) is 25.3 Å². The summed E-state index contributed by atoms with van der Waals surface area (Å²) in [5, 5.41) is 9.76. The fraction of sp³-hybridized carbons (Fsp3) is 0.278. The molecule has 0 aliphatic carbocycles. The molecule has 0 aromatic heterocycles. The van der Waals surface area contributed by atoms with Gasteiger partial charge in [0.25, 0.3) is 0 Å². The van der Waals surface area contributed by atoms with Gasteiger partial charge in [-0.2, -0.15) is 18.7 Å². The van der Waals surface area contributed by atoms with Crippen molar-refractivity contribution in [3.8, 4) is 5.75 Å². The third-order valence-corrected chi connectivity index (χ3v) is 3.47. The van der Waals surface area contributed by atoms with Gasteiger partial charge < -0.3 is 14.7 Å². The number of hydroxylamine groups is 1. The number of hydrogen-bond acceptors (Lipinski definition) is 5. The minimum Gasteiger partial charge on any atom is -0.488 e. The molecule has 2 aromatic rings. The van der Waals surface area contributed by atoms with Crippen LogP contribution in [0.2, 0.25) is 0 Å². The van der Waals surface area contributed by atoms with Gasteiger partial charge in [0.1, 0.15) is 17.9 Å². The van der Waals surface area contributed by atoms with Crippen LogP contribution in [0.25, 0.3) is 0 Å². The number of carbonyl (C=O) groups is 1. The van der Waals surface area contributed by atoms with Gasteiger partial charge in [0, 0.05) is 7.05 Å². The smallest absolute Gasteiger partial charge is 0.391 e. The van der Waals surface area contributed by atoms with E-state index in [1.54, 1.807) is 0 Å². The molecule has 0 aliphatic heterocycles. The maximum absolute atomic E-state index is 12.5. The molecule has 0 saturated heterocycles. The Morgan fingerprint density at radius 3 is 2.50 bits per heavy atom. The Morgan fingerprint density at radius 1 is 1.19 bits per heavy atom. The quantitative estimate of drug-likeness (QED) is 0.731. The predicted molar refractivity (Wildman–Crippen MR) is 87.3 cm³/mol. The molecule has 0 amide bonds. The number of carbonyl (C=O) groups excluding carboxylic acids is 1. The van der Waals surface area contributed by atoms with Gasteiger partial charge in [-0.3, -0.25) is 0 Å². The monoisotopic (exact) mass is 369 g/mol. The van der Waals surface area contributed by atoms with Crippen molar-refractivity contribution in [3.05, 3.63) is 65.2 Å². The van der Waals surface area contributed by atoms with Gasteiger partial charge in [0.15, 0.2) is 0 Å². The van der Waals surface area contributed by atoms with Gasteiger partial charge >= 0.3 is 12.1 Å². The fourth-order valence-corrected chi connectivity index (χ4v) is 2.26. The lowest BCUT2D eigenvalue weighted by molar-refractivity contribution is -0.154. The second kappa shape index (κ2) is 8.68. The zero-order chi connectivity index (χ0) is 19.2. The van der Waals surface area contributed by atoms with Crippen LogP contribution in [-0.2, 0) is 11.4 Å². The summed E-state index contributed by atoms with van der Waals surface area (Å²) in [7, 11) is 1.37. The summed E-state index contributed by atoms with van der Waals surface area (Å²) in [6.45, 7) is 0.158. The van der Waals surface area contributed by atoms with E-state index < -0.39 is 24.7 Å². The fourth-order valence-electron chi connectivity index (χ4n) is 2.26. The molecule has 0 saturated carbocycles. The van der Waals surface area contributed by atoms with Crippen molar-refractivity contribution < 1.29 is 32.6 Å². The van der Waals surface area contributed by atoms with E-state index in [9.17, 15) is 23.1 Å². The van der Waals surface area contributed by atoms with Crippen molar-refractivity contribution in [1.82, 2.24) is 5.48 Å². The minimum atomic E-state index is -4.53. The van der Waals surface area contributed by atoms with Crippen molar-refractivity contribution in [2.24, 2.45) is 0 Å². The molecule has 2 N–H and O–H groups in total. The average molecular weight is 369 g/mol. The van der Waals surface area contributed by atoms with Crippen molar-refractivity contribution in [3.63, 3.8) is 0 Å². The zero-order valence-corrected chi connectivity index (χ0v) is 13.9. The molecule has 26 heavy (non-hydrogen) atoms. The lowest BCUT2D eigenvalue weighted by Gasteiger charge is -2.16. The highest BCUT2D eigenvalue weighted by molar-refractivity contribution is 5.92. The molecule has 0 spiro atoms. The van der Waals surface area contributed by atoms with E-state index in [1.807, 2.05) is 30.3 Å². The summed E-state index contributed by atoms with van der Waals surface area (Å²) < 4.78 is 43.0. The van der Waals surface area contributed by atoms with E-state index in [0.29, 0.717) is 0 Å². The summed E-state index contributed by atoms with van der Waals surface area (Å²) in [5.41, 5.74) is 2.91. The lowest BCUT2D eigenvalue weighted by atomic mass is 10.0. The third kappa shape index (κ3) is 5.75. The van der Waals surface area contributed by atoms with Gasteiger partial charge in [-0.15, -0.1) is 0 Å². The van der Waals surface area contributed by atoms with Crippen LogP contribution in [0.1, 0.15) is 34.0 Å². The van der Waals surface area contributed by atoms with Crippen LogP contribution in [0.5, 0.6) is 5.75 Å². The highest BCUT2D eigenvalue weighted by Crippen LogP contribution is 2.32. The van der Waals surface area contributed by atoms with Gasteiger partial charge in [-0.1, -0.05) is 36.4 Å². The SMILES string of the molecule is CNOC(=O)c1cc([C@@H](O)CC(F)(F)F)ccc1OCc1ccccc1. The van der Waals surface area contributed by atoms with Crippen LogP contribution < -0.4 is 10.2 Å². The second-order valence-corrected chi connectivity index (χ2v) is 5.46. The highest BCUT2D eigenvalue weighted by atomic mass is 19.4. The minimum absolute atomic E-state index is 0.0579. The number of alkyl halides is 3. The first-order valence-electron chi connectivity index (χ1n) is 7.73. The van der Waals surface area contributed by atoms with E-state index in [-0.39, 0.29) is 23.5 Å². The molecule has 8 heteroatoms. The van der Waals surface area contributed by atoms with E-state index in [1.165, 1.54) is 19.2 Å². The predicted octanol–water partition coefficient (Wildman–Crippen LogP) is 3.54. The number of aliphatic hydroxyl groups is 1. The number of aliphatic hydroxyl groups excluding tert-OH is 1. The van der Waals surface area contributed by atoms with E-state index >= 15 is 0 Å². The average Bonchev–Trinajstić information content (AvgIpc) is 2.59. The molecule has 2 aromatic carbocycles. The van der Waals surface area contributed by atoms with E-state index in [0.717, 1.165) is 11.6 Å². The van der Waals surface area contributed by atoms with Crippen molar-refractivity contribution in [1.29, 1.82) is 0 Å². The van der Waals surface area contributed by atoms with Crippen LogP contribution in [0.4, 0.5) is 13.2 Å². The Kier molecular flexibility index (Phi) is 6.59. The highest BCUT2D eigenvalue weighted by Gasteiger charge is 2.32. The summed E-state index contributed by atoms with van der Waals surface area (Å²) in [5.74, 6) is -0.700. The largest absolute Gasteiger partial charge is 0.488 e. The molecular formula is C18H18F3NO4. The number of benzene rings is 2. The van der Waals surface area contributed by atoms with Crippen LogP contribution in [0, 0.1) is 0 Å².